The first kappa shape index (κ1) is 19.4. The Morgan fingerprint density at radius 3 is 2.45 bits per heavy atom. The van der Waals surface area contributed by atoms with Crippen molar-refractivity contribution < 1.29 is 9.84 Å². The highest BCUT2D eigenvalue weighted by atomic mass is 32.1. The Morgan fingerprint density at radius 1 is 1.00 bits per heavy atom. The molecule has 0 aliphatic carbocycles. The van der Waals surface area contributed by atoms with Crippen molar-refractivity contribution in [1.29, 1.82) is 0 Å². The number of nitrogens with zero attached hydrogens (tertiary/aromatic N) is 2. The average molecular weight is 406 g/mol. The summed E-state index contributed by atoms with van der Waals surface area (Å²) in [5.41, 5.74) is 3.14. The van der Waals surface area contributed by atoms with Gasteiger partial charge in [0.1, 0.15) is 12.4 Å². The van der Waals surface area contributed by atoms with Crippen molar-refractivity contribution in [3.63, 3.8) is 0 Å². The topological polar surface area (TPSA) is 57.6 Å². The van der Waals surface area contributed by atoms with E-state index in [2.05, 4.69) is 22.4 Å². The molecule has 0 saturated carbocycles. The molecule has 2 atom stereocenters. The van der Waals surface area contributed by atoms with Crippen LogP contribution in [-0.2, 0) is 6.61 Å². The van der Waals surface area contributed by atoms with Crippen LogP contribution in [-0.4, -0.2) is 33.3 Å². The highest BCUT2D eigenvalue weighted by molar-refractivity contribution is 7.80. The van der Waals surface area contributed by atoms with Crippen LogP contribution in [0.2, 0.25) is 0 Å². The van der Waals surface area contributed by atoms with E-state index in [4.69, 9.17) is 17.0 Å². The maximum atomic E-state index is 9.52. The molecular weight excluding hydrogens is 382 g/mol. The molecular formula is C23H23N3O2S. The standard InChI is InChI=1S/C23H23N3O2S/c27-15-14-26-22(21(25-23(26)29)20-8-4-5-13-24-20)18-9-11-19(12-10-18)28-16-17-6-2-1-3-7-17/h1-13,21-22,27H,14-16H2,(H,25,29)/t21-,22+/m0/s1. The summed E-state index contributed by atoms with van der Waals surface area (Å²) in [5, 5.41) is 13.5. The first-order valence-electron chi connectivity index (χ1n) is 9.62. The molecule has 29 heavy (non-hydrogen) atoms. The quantitative estimate of drug-likeness (QED) is 0.586. The number of nitrogens with one attached hydrogen (secondary N) is 1. The van der Waals surface area contributed by atoms with Gasteiger partial charge in [0.05, 0.1) is 24.4 Å². The maximum Gasteiger partial charge on any atom is 0.170 e. The zero-order chi connectivity index (χ0) is 20.1. The number of aliphatic hydroxyl groups is 1. The third-order valence-electron chi connectivity index (χ3n) is 5.01. The number of pyridine rings is 1. The van der Waals surface area contributed by atoms with Crippen LogP contribution < -0.4 is 10.1 Å². The van der Waals surface area contributed by atoms with Gasteiger partial charge >= 0.3 is 0 Å². The number of benzene rings is 2. The number of aromatic nitrogens is 1. The molecule has 3 aromatic rings. The third kappa shape index (κ3) is 4.39. The molecule has 4 rings (SSSR count). The third-order valence-corrected chi connectivity index (χ3v) is 5.36. The van der Waals surface area contributed by atoms with E-state index in [1.165, 1.54) is 0 Å². The summed E-state index contributed by atoms with van der Waals surface area (Å²) in [4.78, 5) is 6.53. The number of hydrogen-bond donors (Lipinski definition) is 2. The molecule has 2 N–H and O–H groups in total. The molecule has 0 bridgehead atoms. The van der Waals surface area contributed by atoms with Crippen molar-refractivity contribution in [2.24, 2.45) is 0 Å². The van der Waals surface area contributed by atoms with Gasteiger partial charge in [-0.2, -0.15) is 0 Å². The normalized spacial score (nSPS) is 18.5. The molecule has 1 saturated heterocycles. The molecule has 2 heterocycles. The molecule has 6 heteroatoms. The van der Waals surface area contributed by atoms with Crippen molar-refractivity contribution in [3.8, 4) is 5.75 Å². The van der Waals surface area contributed by atoms with Crippen LogP contribution in [0.5, 0.6) is 5.75 Å². The maximum absolute atomic E-state index is 9.52. The molecule has 0 spiro atoms. The van der Waals surface area contributed by atoms with E-state index in [0.29, 0.717) is 18.3 Å². The molecule has 148 valence electrons. The summed E-state index contributed by atoms with van der Waals surface area (Å²) in [6.07, 6.45) is 1.78. The number of hydrogen-bond acceptors (Lipinski definition) is 4. The Bertz CT molecular complexity index is 935. The monoisotopic (exact) mass is 405 g/mol. The fourth-order valence-corrected chi connectivity index (χ4v) is 3.95. The first-order valence-corrected chi connectivity index (χ1v) is 10.0. The van der Waals surface area contributed by atoms with E-state index in [9.17, 15) is 5.11 Å². The Morgan fingerprint density at radius 2 is 1.76 bits per heavy atom. The first-order chi connectivity index (χ1) is 14.3. The van der Waals surface area contributed by atoms with E-state index in [0.717, 1.165) is 22.6 Å². The smallest absolute Gasteiger partial charge is 0.170 e. The predicted octanol–water partition coefficient (Wildman–Crippen LogP) is 3.63. The lowest BCUT2D eigenvalue weighted by molar-refractivity contribution is 0.223. The van der Waals surface area contributed by atoms with Crippen molar-refractivity contribution in [3.05, 3.63) is 95.8 Å². The van der Waals surface area contributed by atoms with Crippen molar-refractivity contribution in [2.75, 3.05) is 13.2 Å². The molecule has 1 aliphatic heterocycles. The lowest BCUT2D eigenvalue weighted by atomic mass is 9.97. The van der Waals surface area contributed by atoms with Crippen LogP contribution >= 0.6 is 12.2 Å². The second kappa shape index (κ2) is 9.03. The number of ether oxygens (including phenoxy) is 1. The predicted molar refractivity (Wildman–Crippen MR) is 116 cm³/mol. The highest BCUT2D eigenvalue weighted by Gasteiger charge is 2.39. The molecule has 0 amide bonds. The molecule has 2 aromatic carbocycles. The minimum Gasteiger partial charge on any atom is -0.489 e. The minimum absolute atomic E-state index is 0.0333. The average Bonchev–Trinajstić information content (AvgIpc) is 3.10. The van der Waals surface area contributed by atoms with Crippen LogP contribution in [0.15, 0.2) is 79.0 Å². The van der Waals surface area contributed by atoms with Gasteiger partial charge in [0.25, 0.3) is 0 Å². The fraction of sp³-hybridized carbons (Fsp3) is 0.217. The molecule has 1 aromatic heterocycles. The Labute approximate surface area is 176 Å². The fourth-order valence-electron chi connectivity index (χ4n) is 3.62. The lowest BCUT2D eigenvalue weighted by Gasteiger charge is -2.27. The van der Waals surface area contributed by atoms with Crippen LogP contribution in [0.1, 0.15) is 28.9 Å². The van der Waals surface area contributed by atoms with Gasteiger partial charge in [0.15, 0.2) is 5.11 Å². The van der Waals surface area contributed by atoms with Crippen LogP contribution in [0.4, 0.5) is 0 Å². The molecule has 5 nitrogen and oxygen atoms in total. The van der Waals surface area contributed by atoms with E-state index in [1.54, 1.807) is 6.20 Å². The second-order valence-corrected chi connectivity index (χ2v) is 7.27. The molecule has 1 aliphatic rings. The number of rotatable bonds is 7. The summed E-state index contributed by atoms with van der Waals surface area (Å²) in [6, 6.07) is 23.9. The number of aliphatic hydroxyl groups excluding tert-OH is 1. The Hall–Kier alpha value is -2.96. The molecule has 1 fully saturated rings. The van der Waals surface area contributed by atoms with Gasteiger partial charge in [-0.3, -0.25) is 4.98 Å². The molecule has 0 unspecified atom stereocenters. The SMILES string of the molecule is OCCN1C(=S)N[C@@H](c2ccccn2)[C@H]1c1ccc(OCc2ccccc2)cc1. The number of thiocarbonyl (C=S) groups is 1. The zero-order valence-corrected chi connectivity index (χ0v) is 16.8. The van der Waals surface area contributed by atoms with Gasteiger partial charge < -0.3 is 20.1 Å². The van der Waals surface area contributed by atoms with Gasteiger partial charge in [-0.25, -0.2) is 0 Å². The lowest BCUT2D eigenvalue weighted by Crippen LogP contribution is -2.32. The van der Waals surface area contributed by atoms with Crippen molar-refractivity contribution in [2.45, 2.75) is 18.7 Å². The summed E-state index contributed by atoms with van der Waals surface area (Å²) in [6.45, 7) is 1.03. The second-order valence-electron chi connectivity index (χ2n) is 6.89. The van der Waals surface area contributed by atoms with Gasteiger partial charge in [0.2, 0.25) is 0 Å². The van der Waals surface area contributed by atoms with Crippen LogP contribution in [0.25, 0.3) is 0 Å². The van der Waals surface area contributed by atoms with Gasteiger partial charge in [0, 0.05) is 12.7 Å². The van der Waals surface area contributed by atoms with Crippen LogP contribution in [0.3, 0.4) is 0 Å². The van der Waals surface area contributed by atoms with Crippen molar-refractivity contribution >= 4 is 17.3 Å². The van der Waals surface area contributed by atoms with Gasteiger partial charge in [-0.1, -0.05) is 48.5 Å². The van der Waals surface area contributed by atoms with E-state index in [-0.39, 0.29) is 18.7 Å². The largest absolute Gasteiger partial charge is 0.489 e. The highest BCUT2D eigenvalue weighted by Crippen LogP contribution is 2.38. The van der Waals surface area contributed by atoms with Gasteiger partial charge in [-0.05, 0) is 47.6 Å². The number of β-amino-alcohol motifs (C(OH)–C–C–N with tert-alkyl or cyclic N) is 1. The summed E-state index contributed by atoms with van der Waals surface area (Å²) < 4.78 is 5.91. The molecule has 0 radical (unpaired) electrons. The van der Waals surface area contributed by atoms with Crippen molar-refractivity contribution in [1.82, 2.24) is 15.2 Å². The van der Waals surface area contributed by atoms with Crippen LogP contribution in [0, 0.1) is 0 Å². The summed E-state index contributed by atoms with van der Waals surface area (Å²) >= 11 is 5.53. The van der Waals surface area contributed by atoms with Gasteiger partial charge in [-0.15, -0.1) is 0 Å². The zero-order valence-electron chi connectivity index (χ0n) is 15.9. The van der Waals surface area contributed by atoms with E-state index in [1.807, 2.05) is 65.6 Å². The summed E-state index contributed by atoms with van der Waals surface area (Å²) in [5.74, 6) is 0.814. The minimum atomic E-state index is -0.0775. The van der Waals surface area contributed by atoms with E-state index >= 15 is 0 Å². The Balaban J connectivity index is 1.55. The summed E-state index contributed by atoms with van der Waals surface area (Å²) in [7, 11) is 0. The van der Waals surface area contributed by atoms with E-state index < -0.39 is 0 Å². The Kier molecular flexibility index (Phi) is 6.03.